The number of amides is 1. The molecule has 1 amide bonds. The Morgan fingerprint density at radius 2 is 1.79 bits per heavy atom. The second kappa shape index (κ2) is 8.36. The second-order valence-corrected chi connectivity index (χ2v) is 8.58. The van der Waals surface area contributed by atoms with Crippen LogP contribution in [0, 0.1) is 0 Å². The van der Waals surface area contributed by atoms with Crippen LogP contribution < -0.4 is 10.1 Å². The van der Waals surface area contributed by atoms with Crippen molar-refractivity contribution in [1.82, 2.24) is 5.32 Å². The molecule has 0 radical (unpaired) electrons. The van der Waals surface area contributed by atoms with Crippen molar-refractivity contribution in [3.05, 3.63) is 65.2 Å². The van der Waals surface area contributed by atoms with E-state index in [2.05, 4.69) is 50.4 Å². The average molecular weight is 382 g/mol. The van der Waals surface area contributed by atoms with E-state index >= 15 is 0 Å². The molecule has 150 valence electrons. The molecule has 0 aromatic heterocycles. The first-order valence-corrected chi connectivity index (χ1v) is 9.95. The van der Waals surface area contributed by atoms with E-state index in [4.69, 9.17) is 9.47 Å². The number of rotatable bonds is 8. The highest BCUT2D eigenvalue weighted by Crippen LogP contribution is 2.48. The first-order chi connectivity index (χ1) is 13.3. The van der Waals surface area contributed by atoms with Crippen LogP contribution in [0.1, 0.15) is 50.3 Å². The van der Waals surface area contributed by atoms with Gasteiger partial charge in [0.15, 0.2) is 0 Å². The number of carbonyl (C=O) groups is 1. The number of methoxy groups -OCH3 is 1. The molecule has 28 heavy (non-hydrogen) atoms. The van der Waals surface area contributed by atoms with Gasteiger partial charge in [-0.05, 0) is 47.1 Å². The molecule has 1 fully saturated rings. The number of nitrogens with one attached hydrogen (secondary N) is 1. The zero-order chi connectivity index (χ0) is 20.2. The molecule has 1 aliphatic carbocycles. The van der Waals surface area contributed by atoms with Crippen LogP contribution in [0.15, 0.2) is 48.5 Å². The molecular formula is C24H31NO3. The van der Waals surface area contributed by atoms with Gasteiger partial charge in [0.25, 0.3) is 0 Å². The van der Waals surface area contributed by atoms with Crippen LogP contribution in [0.2, 0.25) is 0 Å². The highest BCUT2D eigenvalue weighted by Gasteiger charge is 2.51. The molecule has 1 aliphatic rings. The summed E-state index contributed by atoms with van der Waals surface area (Å²) < 4.78 is 10.6. The molecule has 2 aromatic carbocycles. The Morgan fingerprint density at radius 3 is 2.39 bits per heavy atom. The Hall–Kier alpha value is -2.33. The minimum Gasteiger partial charge on any atom is -0.491 e. The summed E-state index contributed by atoms with van der Waals surface area (Å²) in [5.41, 5.74) is 3.20. The van der Waals surface area contributed by atoms with Gasteiger partial charge in [0.1, 0.15) is 12.4 Å². The van der Waals surface area contributed by atoms with Crippen LogP contribution >= 0.6 is 0 Å². The van der Waals surface area contributed by atoms with Crippen molar-refractivity contribution in [1.29, 1.82) is 0 Å². The van der Waals surface area contributed by atoms with Gasteiger partial charge >= 0.3 is 0 Å². The number of hydrogen-bond acceptors (Lipinski definition) is 3. The fourth-order valence-corrected chi connectivity index (χ4v) is 3.40. The topological polar surface area (TPSA) is 47.6 Å². The van der Waals surface area contributed by atoms with Crippen LogP contribution in [0.25, 0.3) is 0 Å². The van der Waals surface area contributed by atoms with E-state index in [9.17, 15) is 4.79 Å². The molecule has 0 saturated heterocycles. The van der Waals surface area contributed by atoms with Crippen molar-refractivity contribution < 1.29 is 14.3 Å². The van der Waals surface area contributed by atoms with E-state index in [1.165, 1.54) is 5.56 Å². The lowest BCUT2D eigenvalue weighted by Gasteiger charge is -2.21. The lowest BCUT2D eigenvalue weighted by molar-refractivity contribution is -0.123. The Kier molecular flexibility index (Phi) is 6.09. The zero-order valence-electron chi connectivity index (χ0n) is 17.4. The molecule has 3 rings (SSSR count). The number of benzene rings is 2. The summed E-state index contributed by atoms with van der Waals surface area (Å²) in [5, 5.41) is 3.12. The van der Waals surface area contributed by atoms with Crippen LogP contribution in [0.5, 0.6) is 5.75 Å². The molecule has 0 heterocycles. The summed E-state index contributed by atoms with van der Waals surface area (Å²) >= 11 is 0. The normalized spacial score (nSPS) is 15.1. The maximum absolute atomic E-state index is 12.9. The second-order valence-electron chi connectivity index (χ2n) is 8.58. The van der Waals surface area contributed by atoms with Gasteiger partial charge in [0.2, 0.25) is 5.91 Å². The van der Waals surface area contributed by atoms with E-state index in [-0.39, 0.29) is 16.7 Å². The van der Waals surface area contributed by atoms with Gasteiger partial charge in [-0.15, -0.1) is 0 Å². The molecule has 0 bridgehead atoms. The molecule has 4 nitrogen and oxygen atoms in total. The van der Waals surface area contributed by atoms with Crippen molar-refractivity contribution in [2.45, 2.75) is 51.0 Å². The van der Waals surface area contributed by atoms with E-state index in [1.807, 2.05) is 24.3 Å². The van der Waals surface area contributed by atoms with Crippen LogP contribution in [0.4, 0.5) is 0 Å². The van der Waals surface area contributed by atoms with Gasteiger partial charge in [0, 0.05) is 13.7 Å². The van der Waals surface area contributed by atoms with Crippen LogP contribution in [0.3, 0.4) is 0 Å². The SMILES string of the molecule is COCCOc1cccc(CNC(=O)C2(c3ccc(C(C)(C)C)cc3)CC2)c1. The van der Waals surface area contributed by atoms with Crippen molar-refractivity contribution in [3.8, 4) is 5.75 Å². The van der Waals surface area contributed by atoms with Crippen molar-refractivity contribution in [3.63, 3.8) is 0 Å². The maximum Gasteiger partial charge on any atom is 0.230 e. The van der Waals surface area contributed by atoms with Crippen molar-refractivity contribution >= 4 is 5.91 Å². The van der Waals surface area contributed by atoms with E-state index < -0.39 is 0 Å². The van der Waals surface area contributed by atoms with Gasteiger partial charge in [0.05, 0.1) is 12.0 Å². The van der Waals surface area contributed by atoms with Crippen molar-refractivity contribution in [2.75, 3.05) is 20.3 Å². The van der Waals surface area contributed by atoms with E-state index in [1.54, 1.807) is 7.11 Å². The highest BCUT2D eigenvalue weighted by molar-refractivity contribution is 5.91. The van der Waals surface area contributed by atoms with E-state index in [0.29, 0.717) is 19.8 Å². The number of hydrogen-bond donors (Lipinski definition) is 1. The molecule has 1 N–H and O–H groups in total. The van der Waals surface area contributed by atoms with Gasteiger partial charge < -0.3 is 14.8 Å². The summed E-state index contributed by atoms with van der Waals surface area (Å²) in [7, 11) is 1.65. The quantitative estimate of drug-likeness (QED) is 0.691. The molecule has 2 aromatic rings. The molecule has 0 atom stereocenters. The first-order valence-electron chi connectivity index (χ1n) is 9.95. The first kappa shape index (κ1) is 20.4. The zero-order valence-corrected chi connectivity index (χ0v) is 17.4. The third kappa shape index (κ3) is 4.74. The molecule has 0 unspecified atom stereocenters. The third-order valence-electron chi connectivity index (χ3n) is 5.40. The summed E-state index contributed by atoms with van der Waals surface area (Å²) in [6.07, 6.45) is 1.82. The Morgan fingerprint density at radius 1 is 1.07 bits per heavy atom. The molecule has 4 heteroatoms. The van der Waals surface area contributed by atoms with Crippen LogP contribution in [-0.4, -0.2) is 26.2 Å². The van der Waals surface area contributed by atoms with E-state index in [0.717, 1.165) is 29.7 Å². The monoisotopic (exact) mass is 381 g/mol. The lowest BCUT2D eigenvalue weighted by atomic mass is 9.85. The predicted molar refractivity (Wildman–Crippen MR) is 112 cm³/mol. The van der Waals surface area contributed by atoms with Gasteiger partial charge in [-0.3, -0.25) is 4.79 Å². The van der Waals surface area contributed by atoms with Crippen LogP contribution in [-0.2, 0) is 26.9 Å². The minimum absolute atomic E-state index is 0.113. The third-order valence-corrected chi connectivity index (χ3v) is 5.40. The number of ether oxygens (including phenoxy) is 2. The number of carbonyl (C=O) groups excluding carboxylic acids is 1. The summed E-state index contributed by atoms with van der Waals surface area (Å²) in [6.45, 7) is 8.18. The summed E-state index contributed by atoms with van der Waals surface area (Å²) in [5.74, 6) is 0.907. The standard InChI is InChI=1S/C24H31NO3/c1-23(2,3)19-8-10-20(11-9-19)24(12-13-24)22(26)25-17-18-6-5-7-21(16-18)28-15-14-27-4/h5-11,16H,12-15,17H2,1-4H3,(H,25,26). The predicted octanol–water partition coefficient (Wildman–Crippen LogP) is 4.36. The Balaban J connectivity index is 1.61. The highest BCUT2D eigenvalue weighted by atomic mass is 16.5. The summed E-state index contributed by atoms with van der Waals surface area (Å²) in [4.78, 5) is 12.9. The minimum atomic E-state index is -0.358. The average Bonchev–Trinajstić information content (AvgIpc) is 3.48. The fourth-order valence-electron chi connectivity index (χ4n) is 3.40. The van der Waals surface area contributed by atoms with Crippen molar-refractivity contribution in [2.24, 2.45) is 0 Å². The maximum atomic E-state index is 12.9. The molecule has 0 aliphatic heterocycles. The Bertz CT molecular complexity index is 801. The Labute approximate surface area is 168 Å². The molecule has 0 spiro atoms. The van der Waals surface area contributed by atoms with Gasteiger partial charge in [-0.1, -0.05) is 57.2 Å². The summed E-state index contributed by atoms with van der Waals surface area (Å²) in [6, 6.07) is 16.4. The van der Waals surface area contributed by atoms with Gasteiger partial charge in [-0.25, -0.2) is 0 Å². The fraction of sp³-hybridized carbons (Fsp3) is 0.458. The van der Waals surface area contributed by atoms with Gasteiger partial charge in [-0.2, -0.15) is 0 Å². The molecular weight excluding hydrogens is 350 g/mol. The largest absolute Gasteiger partial charge is 0.491 e. The lowest BCUT2D eigenvalue weighted by Crippen LogP contribution is -2.34. The smallest absolute Gasteiger partial charge is 0.230 e. The molecule has 1 saturated carbocycles.